The van der Waals surface area contributed by atoms with Crippen molar-refractivity contribution >= 4 is 23.5 Å². The molecule has 0 saturated carbocycles. The van der Waals surface area contributed by atoms with Crippen LogP contribution in [0.5, 0.6) is 5.75 Å². The van der Waals surface area contributed by atoms with E-state index in [-0.39, 0.29) is 29.6 Å². The summed E-state index contributed by atoms with van der Waals surface area (Å²) in [6.07, 6.45) is -5.66. The van der Waals surface area contributed by atoms with Crippen LogP contribution in [0.2, 0.25) is 0 Å². The number of carbonyl (C=O) groups excluding carboxylic acids is 2. The van der Waals surface area contributed by atoms with E-state index in [1.165, 1.54) is 33.2 Å². The summed E-state index contributed by atoms with van der Waals surface area (Å²) in [5.74, 6) is -1.75. The van der Waals surface area contributed by atoms with Crippen LogP contribution < -0.4 is 14.5 Å². The van der Waals surface area contributed by atoms with Crippen molar-refractivity contribution in [2.45, 2.75) is 19.1 Å². The van der Waals surface area contributed by atoms with Gasteiger partial charge in [-0.1, -0.05) is 0 Å². The molecule has 1 aliphatic heterocycles. The molecule has 1 saturated heterocycles. The minimum Gasteiger partial charge on any atom is -0.494 e. The molecule has 3 rings (SSSR count). The summed E-state index contributed by atoms with van der Waals surface area (Å²) >= 11 is 0. The number of alkyl halides is 3. The summed E-state index contributed by atoms with van der Waals surface area (Å²) in [4.78, 5) is 31.1. The topological polar surface area (TPSA) is 72.0 Å². The predicted octanol–water partition coefficient (Wildman–Crippen LogP) is 3.54. The first kappa shape index (κ1) is 21.3. The first-order chi connectivity index (χ1) is 14.0. The molecule has 0 bridgehead atoms. The number of carbonyl (C=O) groups is 2. The zero-order chi connectivity index (χ0) is 22.2. The van der Waals surface area contributed by atoms with Gasteiger partial charge >= 0.3 is 12.3 Å². The Morgan fingerprint density at radius 2 is 2.00 bits per heavy atom. The van der Waals surface area contributed by atoms with Gasteiger partial charge in [-0.25, -0.2) is 19.1 Å². The van der Waals surface area contributed by atoms with Crippen LogP contribution in [0, 0.1) is 12.7 Å². The molecule has 1 atom stereocenters. The third-order valence-electron chi connectivity index (χ3n) is 4.52. The molecule has 0 spiro atoms. The van der Waals surface area contributed by atoms with E-state index in [0.717, 1.165) is 21.9 Å². The average molecular weight is 427 g/mol. The second kappa shape index (κ2) is 7.81. The summed E-state index contributed by atoms with van der Waals surface area (Å²) in [5, 5.41) is 0. The molecule has 0 unspecified atom stereocenters. The van der Waals surface area contributed by atoms with Crippen molar-refractivity contribution in [1.82, 2.24) is 4.98 Å². The van der Waals surface area contributed by atoms with Gasteiger partial charge < -0.3 is 14.4 Å². The van der Waals surface area contributed by atoms with Crippen LogP contribution in [-0.2, 0) is 15.7 Å². The van der Waals surface area contributed by atoms with Crippen molar-refractivity contribution in [2.24, 2.45) is 0 Å². The van der Waals surface area contributed by atoms with Crippen LogP contribution in [0.25, 0.3) is 0 Å². The molecule has 30 heavy (non-hydrogen) atoms. The Labute approximate surface area is 168 Å². The molecule has 0 aliphatic carbocycles. The lowest BCUT2D eigenvalue weighted by molar-refractivity contribution is -0.137. The Balaban J connectivity index is 1.95. The van der Waals surface area contributed by atoms with Gasteiger partial charge in [-0.3, -0.25) is 4.79 Å². The number of nitrogens with zero attached hydrogens (tertiary/aromatic N) is 3. The maximum absolute atomic E-state index is 13.6. The molecule has 7 nitrogen and oxygen atoms in total. The summed E-state index contributed by atoms with van der Waals surface area (Å²) in [5.41, 5.74) is -0.736. The van der Waals surface area contributed by atoms with Gasteiger partial charge in [0, 0.05) is 24.5 Å². The summed E-state index contributed by atoms with van der Waals surface area (Å²) in [6, 6.07) is 3.96. The number of anilines is 2. The quantitative estimate of drug-likeness (QED) is 0.698. The number of aromatic nitrogens is 1. The average Bonchev–Trinajstić information content (AvgIpc) is 3.07. The molecule has 160 valence electrons. The van der Waals surface area contributed by atoms with Crippen LogP contribution in [0.15, 0.2) is 30.3 Å². The molecule has 1 aromatic carbocycles. The summed E-state index contributed by atoms with van der Waals surface area (Å²) < 4.78 is 62.9. The zero-order valence-electron chi connectivity index (χ0n) is 16.2. The minimum atomic E-state index is -4.66. The van der Waals surface area contributed by atoms with E-state index >= 15 is 0 Å². The lowest BCUT2D eigenvalue weighted by atomic mass is 10.2. The number of ether oxygens (including phenoxy) is 2. The lowest BCUT2D eigenvalue weighted by Gasteiger charge is -2.26. The smallest absolute Gasteiger partial charge is 0.416 e. The first-order valence-electron chi connectivity index (χ1n) is 8.66. The van der Waals surface area contributed by atoms with Crippen molar-refractivity contribution in [3.63, 3.8) is 0 Å². The zero-order valence-corrected chi connectivity index (χ0v) is 16.2. The Hall–Kier alpha value is -3.37. The number of amides is 2. The van der Waals surface area contributed by atoms with Gasteiger partial charge in [-0.2, -0.15) is 13.2 Å². The second-order valence-electron chi connectivity index (χ2n) is 6.53. The molecule has 2 aromatic rings. The normalized spacial score (nSPS) is 16.4. The number of benzene rings is 1. The van der Waals surface area contributed by atoms with Gasteiger partial charge in [-0.15, -0.1) is 0 Å². The molecule has 2 heterocycles. The van der Waals surface area contributed by atoms with Gasteiger partial charge in [0.05, 0.1) is 12.7 Å². The number of hydrogen-bond donors (Lipinski definition) is 0. The number of cyclic esters (lactones) is 1. The first-order valence-corrected chi connectivity index (χ1v) is 8.66. The van der Waals surface area contributed by atoms with Crippen molar-refractivity contribution in [3.8, 4) is 5.75 Å². The second-order valence-corrected chi connectivity index (χ2v) is 6.53. The van der Waals surface area contributed by atoms with E-state index < -0.39 is 35.6 Å². The number of aryl methyl sites for hydroxylation is 1. The van der Waals surface area contributed by atoms with E-state index in [1.807, 2.05) is 0 Å². The Kier molecular flexibility index (Phi) is 5.55. The number of rotatable bonds is 4. The van der Waals surface area contributed by atoms with Crippen LogP contribution in [0.3, 0.4) is 0 Å². The fourth-order valence-electron chi connectivity index (χ4n) is 3.00. The molecular formula is C19H17F4N3O4. The number of methoxy groups -OCH3 is 1. The van der Waals surface area contributed by atoms with Crippen molar-refractivity contribution in [1.29, 1.82) is 0 Å². The molecule has 1 fully saturated rings. The monoisotopic (exact) mass is 427 g/mol. The lowest BCUT2D eigenvalue weighted by Crippen LogP contribution is -2.47. The Bertz CT molecular complexity index is 996. The van der Waals surface area contributed by atoms with Crippen molar-refractivity contribution in [2.75, 3.05) is 30.6 Å². The largest absolute Gasteiger partial charge is 0.494 e. The third-order valence-corrected chi connectivity index (χ3v) is 4.52. The number of hydrogen-bond acceptors (Lipinski definition) is 5. The van der Waals surface area contributed by atoms with Crippen LogP contribution in [-0.4, -0.2) is 43.8 Å². The van der Waals surface area contributed by atoms with E-state index in [0.29, 0.717) is 6.07 Å². The third kappa shape index (κ3) is 4.00. The van der Waals surface area contributed by atoms with Crippen molar-refractivity contribution in [3.05, 3.63) is 47.4 Å². The van der Waals surface area contributed by atoms with Gasteiger partial charge in [0.15, 0.2) is 17.6 Å². The number of halogens is 4. The maximum Gasteiger partial charge on any atom is 0.416 e. The van der Waals surface area contributed by atoms with Gasteiger partial charge in [0.25, 0.3) is 5.91 Å². The SMILES string of the molecule is COc1cc(N(C)C(=O)[C@@H]2COC(=O)N2c2cc(C(F)(F)F)cc(C)n2)ccc1F. The molecule has 1 aromatic heterocycles. The molecular weight excluding hydrogens is 410 g/mol. The fraction of sp³-hybridized carbons (Fsp3) is 0.316. The minimum absolute atomic E-state index is 0.0161. The predicted molar refractivity (Wildman–Crippen MR) is 98.0 cm³/mol. The highest BCUT2D eigenvalue weighted by Crippen LogP contribution is 2.33. The van der Waals surface area contributed by atoms with Gasteiger partial charge in [0.1, 0.15) is 12.4 Å². The number of pyridine rings is 1. The molecule has 2 amide bonds. The molecule has 0 radical (unpaired) electrons. The van der Waals surface area contributed by atoms with Crippen LogP contribution >= 0.6 is 0 Å². The van der Waals surface area contributed by atoms with Crippen LogP contribution in [0.1, 0.15) is 11.3 Å². The highest BCUT2D eigenvalue weighted by Gasteiger charge is 2.43. The van der Waals surface area contributed by atoms with E-state index in [9.17, 15) is 27.2 Å². The highest BCUT2D eigenvalue weighted by atomic mass is 19.4. The Morgan fingerprint density at radius 3 is 2.63 bits per heavy atom. The fourth-order valence-corrected chi connectivity index (χ4v) is 3.00. The number of likely N-dealkylation sites (N-methyl/N-ethyl adjacent to an activating group) is 1. The highest BCUT2D eigenvalue weighted by molar-refractivity contribution is 6.05. The standard InChI is InChI=1S/C19H17F4N3O4/c1-10-6-11(19(21,22)23)7-16(24-10)26-14(9-30-18(26)28)17(27)25(2)12-4-5-13(20)15(8-12)29-3/h4-8,14H,9H2,1-3H3/t14-/m0/s1. The van der Waals surface area contributed by atoms with E-state index in [2.05, 4.69) is 4.98 Å². The summed E-state index contributed by atoms with van der Waals surface area (Å²) in [6.45, 7) is 0.963. The molecule has 1 aliphatic rings. The molecule has 11 heteroatoms. The Morgan fingerprint density at radius 1 is 1.30 bits per heavy atom. The van der Waals surface area contributed by atoms with Crippen molar-refractivity contribution < 1.29 is 36.6 Å². The van der Waals surface area contributed by atoms with E-state index in [1.54, 1.807) is 0 Å². The van der Waals surface area contributed by atoms with Gasteiger partial charge in [-0.05, 0) is 31.2 Å². The van der Waals surface area contributed by atoms with Gasteiger partial charge in [0.2, 0.25) is 0 Å². The maximum atomic E-state index is 13.6. The van der Waals surface area contributed by atoms with Crippen LogP contribution in [0.4, 0.5) is 33.9 Å². The molecule has 0 N–H and O–H groups in total. The van der Waals surface area contributed by atoms with E-state index in [4.69, 9.17) is 9.47 Å². The summed E-state index contributed by atoms with van der Waals surface area (Å²) in [7, 11) is 2.64.